The van der Waals surface area contributed by atoms with Crippen molar-refractivity contribution in [3.8, 4) is 0 Å². The molecule has 2 amide bonds. The van der Waals surface area contributed by atoms with Crippen LogP contribution in [-0.4, -0.2) is 32.3 Å². The van der Waals surface area contributed by atoms with Crippen molar-refractivity contribution < 1.29 is 9.59 Å². The van der Waals surface area contributed by atoms with Gasteiger partial charge in [0.2, 0.25) is 5.91 Å². The molecule has 3 aromatic rings. The Hall–Kier alpha value is -2.26. The number of amides is 2. The quantitative estimate of drug-likeness (QED) is 0.319. The van der Waals surface area contributed by atoms with Crippen LogP contribution in [0.4, 0.5) is 5.69 Å². The largest absolute Gasteiger partial charge is 0.342 e. The zero-order valence-corrected chi connectivity index (χ0v) is 21.9. The lowest BCUT2D eigenvalue weighted by Crippen LogP contribution is -2.33. The van der Waals surface area contributed by atoms with E-state index >= 15 is 0 Å². The summed E-state index contributed by atoms with van der Waals surface area (Å²) in [6.45, 7) is 6.53. The zero-order chi connectivity index (χ0) is 24.8. The summed E-state index contributed by atoms with van der Waals surface area (Å²) in [6, 6.07) is 11.3. The van der Waals surface area contributed by atoms with Gasteiger partial charge in [-0.05, 0) is 49.2 Å². The van der Waals surface area contributed by atoms with Crippen LogP contribution in [0.15, 0.2) is 47.6 Å². The Morgan fingerprint density at radius 3 is 2.47 bits per heavy atom. The SMILES string of the molecule is CCn1c(SCC(=O)Nc2ccc(Cl)c(Cl)c2)nnc1[C@@H](NC(=O)c1cccc(Cl)c1)C(C)C. The number of anilines is 1. The predicted octanol–water partition coefficient (Wildman–Crippen LogP) is 6.12. The number of nitrogens with zero attached hydrogens (tertiary/aromatic N) is 3. The molecule has 0 aliphatic carbocycles. The van der Waals surface area contributed by atoms with Crippen LogP contribution in [0, 0.1) is 5.92 Å². The van der Waals surface area contributed by atoms with Crippen molar-refractivity contribution in [3.05, 3.63) is 68.9 Å². The Labute approximate surface area is 217 Å². The highest BCUT2D eigenvalue weighted by atomic mass is 35.5. The van der Waals surface area contributed by atoms with Crippen LogP contribution in [0.25, 0.3) is 0 Å². The van der Waals surface area contributed by atoms with E-state index < -0.39 is 0 Å². The van der Waals surface area contributed by atoms with Gasteiger partial charge in [-0.15, -0.1) is 10.2 Å². The predicted molar refractivity (Wildman–Crippen MR) is 138 cm³/mol. The average molecular weight is 541 g/mol. The summed E-state index contributed by atoms with van der Waals surface area (Å²) in [4.78, 5) is 25.2. The van der Waals surface area contributed by atoms with Gasteiger partial charge >= 0.3 is 0 Å². The van der Waals surface area contributed by atoms with Crippen LogP contribution < -0.4 is 10.6 Å². The van der Waals surface area contributed by atoms with Crippen LogP contribution in [0.5, 0.6) is 0 Å². The van der Waals surface area contributed by atoms with E-state index in [0.29, 0.717) is 43.8 Å². The van der Waals surface area contributed by atoms with Crippen molar-refractivity contribution in [1.82, 2.24) is 20.1 Å². The van der Waals surface area contributed by atoms with Crippen LogP contribution in [0.3, 0.4) is 0 Å². The van der Waals surface area contributed by atoms with Gasteiger partial charge in [-0.25, -0.2) is 0 Å². The molecule has 0 bridgehead atoms. The molecule has 0 unspecified atom stereocenters. The Bertz CT molecular complexity index is 1190. The van der Waals surface area contributed by atoms with E-state index in [1.807, 2.05) is 25.3 Å². The number of carbonyl (C=O) groups excluding carboxylic acids is 2. The molecule has 2 aromatic carbocycles. The summed E-state index contributed by atoms with van der Waals surface area (Å²) < 4.78 is 1.90. The second-order valence-corrected chi connectivity index (χ2v) is 9.95. The highest BCUT2D eigenvalue weighted by Crippen LogP contribution is 2.27. The second kappa shape index (κ2) is 11.9. The fraction of sp³-hybridized carbons (Fsp3) is 0.304. The first-order valence-electron chi connectivity index (χ1n) is 10.6. The van der Waals surface area contributed by atoms with Crippen molar-refractivity contribution in [1.29, 1.82) is 0 Å². The summed E-state index contributed by atoms with van der Waals surface area (Å²) in [6.07, 6.45) is 0. The van der Waals surface area contributed by atoms with Gasteiger partial charge in [-0.2, -0.15) is 0 Å². The molecule has 1 heterocycles. The Balaban J connectivity index is 1.71. The number of thioether (sulfide) groups is 1. The summed E-state index contributed by atoms with van der Waals surface area (Å²) >= 11 is 19.2. The molecule has 0 aliphatic heterocycles. The van der Waals surface area contributed by atoms with Gasteiger partial charge in [0.15, 0.2) is 11.0 Å². The van der Waals surface area contributed by atoms with E-state index in [1.165, 1.54) is 11.8 Å². The van der Waals surface area contributed by atoms with E-state index in [-0.39, 0.29) is 29.5 Å². The van der Waals surface area contributed by atoms with E-state index in [2.05, 4.69) is 20.8 Å². The van der Waals surface area contributed by atoms with Crippen molar-refractivity contribution in [2.75, 3.05) is 11.1 Å². The minimum atomic E-state index is -0.377. The van der Waals surface area contributed by atoms with Crippen molar-refractivity contribution in [2.45, 2.75) is 38.5 Å². The van der Waals surface area contributed by atoms with E-state index in [1.54, 1.807) is 42.5 Å². The molecule has 180 valence electrons. The molecule has 1 atom stereocenters. The number of hydrogen-bond donors (Lipinski definition) is 2. The number of aromatic nitrogens is 3. The molecule has 0 saturated carbocycles. The molecule has 0 spiro atoms. The maximum atomic E-state index is 12.8. The standard InChI is InChI=1S/C23H24Cl3N5O2S/c1-4-31-21(20(13(2)3)28-22(33)14-6-5-7-15(24)10-14)29-30-23(31)34-12-19(32)27-16-8-9-17(25)18(26)11-16/h5-11,13,20H,4,12H2,1-3H3,(H,27,32)(H,28,33)/t20-/m0/s1. The number of halogens is 3. The summed E-state index contributed by atoms with van der Waals surface area (Å²) in [5.74, 6) is 0.334. The topological polar surface area (TPSA) is 88.9 Å². The minimum absolute atomic E-state index is 0.0495. The molecule has 11 heteroatoms. The van der Waals surface area contributed by atoms with Crippen LogP contribution in [0.1, 0.15) is 43.0 Å². The van der Waals surface area contributed by atoms with Crippen molar-refractivity contribution >= 4 is 64.1 Å². The molecular weight excluding hydrogens is 517 g/mol. The normalized spacial score (nSPS) is 12.0. The van der Waals surface area contributed by atoms with Gasteiger partial charge in [0.25, 0.3) is 5.91 Å². The fourth-order valence-corrected chi connectivity index (χ4v) is 4.52. The highest BCUT2D eigenvalue weighted by molar-refractivity contribution is 7.99. The molecule has 1 aromatic heterocycles. The van der Waals surface area contributed by atoms with Gasteiger partial charge in [0.05, 0.1) is 21.8 Å². The number of rotatable bonds is 9. The summed E-state index contributed by atoms with van der Waals surface area (Å²) in [7, 11) is 0. The Kier molecular flexibility index (Phi) is 9.24. The molecule has 0 fully saturated rings. The first kappa shape index (κ1) is 26.3. The third-order valence-corrected chi connectivity index (χ3v) is 6.86. The molecule has 3 rings (SSSR count). The molecule has 2 N–H and O–H groups in total. The zero-order valence-electron chi connectivity index (χ0n) is 18.8. The number of benzene rings is 2. The van der Waals surface area contributed by atoms with E-state index in [0.717, 1.165) is 0 Å². The highest BCUT2D eigenvalue weighted by Gasteiger charge is 2.26. The van der Waals surface area contributed by atoms with Gasteiger partial charge in [0.1, 0.15) is 0 Å². The lowest BCUT2D eigenvalue weighted by molar-refractivity contribution is -0.113. The van der Waals surface area contributed by atoms with Crippen LogP contribution >= 0.6 is 46.6 Å². The van der Waals surface area contributed by atoms with E-state index in [9.17, 15) is 9.59 Å². The lowest BCUT2D eigenvalue weighted by Gasteiger charge is -2.22. The van der Waals surface area contributed by atoms with Crippen LogP contribution in [0.2, 0.25) is 15.1 Å². The molecule has 34 heavy (non-hydrogen) atoms. The maximum Gasteiger partial charge on any atom is 0.251 e. The molecule has 0 aliphatic rings. The molecular formula is C23H24Cl3N5O2S. The number of hydrogen-bond acceptors (Lipinski definition) is 5. The third kappa shape index (κ3) is 6.66. The first-order valence-corrected chi connectivity index (χ1v) is 12.7. The monoisotopic (exact) mass is 539 g/mol. The fourth-order valence-electron chi connectivity index (χ4n) is 3.22. The second-order valence-electron chi connectivity index (χ2n) is 7.76. The smallest absolute Gasteiger partial charge is 0.251 e. The van der Waals surface area contributed by atoms with Crippen molar-refractivity contribution in [2.24, 2.45) is 5.92 Å². The van der Waals surface area contributed by atoms with E-state index in [4.69, 9.17) is 34.8 Å². The van der Waals surface area contributed by atoms with Crippen LogP contribution in [-0.2, 0) is 11.3 Å². The number of nitrogens with one attached hydrogen (secondary N) is 2. The number of carbonyl (C=O) groups is 2. The molecule has 0 radical (unpaired) electrons. The maximum absolute atomic E-state index is 12.8. The first-order chi connectivity index (χ1) is 16.2. The minimum Gasteiger partial charge on any atom is -0.342 e. The Morgan fingerprint density at radius 1 is 1.06 bits per heavy atom. The summed E-state index contributed by atoms with van der Waals surface area (Å²) in [5, 5.41) is 16.3. The van der Waals surface area contributed by atoms with Gasteiger partial charge < -0.3 is 15.2 Å². The van der Waals surface area contributed by atoms with Gasteiger partial charge in [0, 0.05) is 22.8 Å². The molecule has 7 nitrogen and oxygen atoms in total. The third-order valence-electron chi connectivity index (χ3n) is 4.92. The summed E-state index contributed by atoms with van der Waals surface area (Å²) in [5.41, 5.74) is 1.02. The molecule has 0 saturated heterocycles. The van der Waals surface area contributed by atoms with Gasteiger partial charge in [-0.3, -0.25) is 9.59 Å². The van der Waals surface area contributed by atoms with Gasteiger partial charge in [-0.1, -0.05) is 66.5 Å². The Morgan fingerprint density at radius 2 is 1.82 bits per heavy atom. The van der Waals surface area contributed by atoms with Crippen molar-refractivity contribution in [3.63, 3.8) is 0 Å². The average Bonchev–Trinajstić information content (AvgIpc) is 3.20. The lowest BCUT2D eigenvalue weighted by atomic mass is 10.0.